The molecule has 0 radical (unpaired) electrons. The summed E-state index contributed by atoms with van der Waals surface area (Å²) in [6.07, 6.45) is 2.45. The molecule has 1 nitrogen and oxygen atoms in total. The van der Waals surface area contributed by atoms with Gasteiger partial charge < -0.3 is 4.90 Å². The zero-order valence-corrected chi connectivity index (χ0v) is 10.2. The first kappa shape index (κ1) is 10.1. The SMILES string of the molecule is CCC1=C2CCN(C)CC2c2ccccc21. The van der Waals surface area contributed by atoms with Crippen molar-refractivity contribution < 1.29 is 0 Å². The second-order valence-corrected chi connectivity index (χ2v) is 5.01. The van der Waals surface area contributed by atoms with Gasteiger partial charge in [0.1, 0.15) is 0 Å². The average Bonchev–Trinajstić information content (AvgIpc) is 2.62. The lowest BCUT2D eigenvalue weighted by Gasteiger charge is -2.30. The minimum absolute atomic E-state index is 0.685. The van der Waals surface area contributed by atoms with Crippen LogP contribution >= 0.6 is 0 Å². The minimum atomic E-state index is 0.685. The highest BCUT2D eigenvalue weighted by atomic mass is 15.1. The van der Waals surface area contributed by atoms with Crippen LogP contribution in [0, 0.1) is 0 Å². The Morgan fingerprint density at radius 3 is 2.94 bits per heavy atom. The monoisotopic (exact) mass is 213 g/mol. The zero-order valence-electron chi connectivity index (χ0n) is 10.2. The van der Waals surface area contributed by atoms with E-state index in [9.17, 15) is 0 Å². The molecule has 1 saturated heterocycles. The molecule has 1 heteroatoms. The second-order valence-electron chi connectivity index (χ2n) is 5.01. The van der Waals surface area contributed by atoms with Crippen LogP contribution < -0.4 is 0 Å². The van der Waals surface area contributed by atoms with Crippen LogP contribution in [0.25, 0.3) is 5.57 Å². The number of fused-ring (bicyclic) bond motifs is 3. The van der Waals surface area contributed by atoms with Gasteiger partial charge in [-0.3, -0.25) is 0 Å². The van der Waals surface area contributed by atoms with Gasteiger partial charge in [0.15, 0.2) is 0 Å². The number of piperidine rings is 1. The normalized spacial score (nSPS) is 24.5. The van der Waals surface area contributed by atoms with Crippen molar-refractivity contribution in [3.63, 3.8) is 0 Å². The Hall–Kier alpha value is -1.08. The molecule has 1 unspecified atom stereocenters. The molecular formula is C15H19N. The summed E-state index contributed by atoms with van der Waals surface area (Å²) in [5.74, 6) is 0.685. The van der Waals surface area contributed by atoms with Crippen LogP contribution in [0.3, 0.4) is 0 Å². The van der Waals surface area contributed by atoms with E-state index < -0.39 is 0 Å². The Bertz CT molecular complexity index is 445. The summed E-state index contributed by atoms with van der Waals surface area (Å²) in [5.41, 5.74) is 6.46. The lowest BCUT2D eigenvalue weighted by Crippen LogP contribution is -2.31. The first-order valence-electron chi connectivity index (χ1n) is 6.31. The molecule has 1 heterocycles. The van der Waals surface area contributed by atoms with E-state index in [-0.39, 0.29) is 0 Å². The van der Waals surface area contributed by atoms with Gasteiger partial charge in [0.25, 0.3) is 0 Å². The molecule has 1 aromatic rings. The van der Waals surface area contributed by atoms with Crippen LogP contribution in [0.15, 0.2) is 29.8 Å². The number of benzene rings is 1. The number of rotatable bonds is 1. The molecule has 1 aliphatic heterocycles. The summed E-state index contributed by atoms with van der Waals surface area (Å²) in [7, 11) is 2.24. The zero-order chi connectivity index (χ0) is 11.1. The van der Waals surface area contributed by atoms with Crippen LogP contribution in [0.1, 0.15) is 36.8 Å². The van der Waals surface area contributed by atoms with Gasteiger partial charge in [-0.15, -0.1) is 0 Å². The van der Waals surface area contributed by atoms with Crippen LogP contribution in [0.4, 0.5) is 0 Å². The molecule has 3 rings (SSSR count). The molecule has 0 bridgehead atoms. The third-order valence-corrected chi connectivity index (χ3v) is 4.08. The molecular weight excluding hydrogens is 194 g/mol. The fourth-order valence-corrected chi connectivity index (χ4v) is 3.31. The first-order chi connectivity index (χ1) is 7.81. The van der Waals surface area contributed by atoms with Gasteiger partial charge >= 0.3 is 0 Å². The summed E-state index contributed by atoms with van der Waals surface area (Å²) >= 11 is 0. The minimum Gasteiger partial charge on any atom is -0.305 e. The van der Waals surface area contributed by atoms with Gasteiger partial charge in [-0.1, -0.05) is 36.8 Å². The molecule has 0 spiro atoms. The number of likely N-dealkylation sites (N-methyl/N-ethyl adjacent to an activating group) is 1. The largest absolute Gasteiger partial charge is 0.305 e. The van der Waals surface area contributed by atoms with Crippen molar-refractivity contribution >= 4 is 5.57 Å². The maximum Gasteiger partial charge on any atom is 0.0188 e. The maximum atomic E-state index is 2.46. The van der Waals surface area contributed by atoms with Gasteiger partial charge in [0, 0.05) is 19.0 Å². The van der Waals surface area contributed by atoms with E-state index in [4.69, 9.17) is 0 Å². The molecule has 1 fully saturated rings. The van der Waals surface area contributed by atoms with Crippen molar-refractivity contribution in [1.82, 2.24) is 4.90 Å². The van der Waals surface area contributed by atoms with E-state index in [2.05, 4.69) is 43.1 Å². The number of allylic oxidation sites excluding steroid dienone is 1. The van der Waals surface area contributed by atoms with Crippen LogP contribution in [-0.4, -0.2) is 25.0 Å². The van der Waals surface area contributed by atoms with Gasteiger partial charge in [0.2, 0.25) is 0 Å². The van der Waals surface area contributed by atoms with E-state index in [1.807, 2.05) is 0 Å². The van der Waals surface area contributed by atoms with Gasteiger partial charge in [-0.2, -0.15) is 0 Å². The number of hydrogen-bond donors (Lipinski definition) is 0. The molecule has 0 N–H and O–H groups in total. The predicted octanol–water partition coefficient (Wildman–Crippen LogP) is 3.28. The molecule has 1 atom stereocenters. The predicted molar refractivity (Wildman–Crippen MR) is 68.5 cm³/mol. The molecule has 0 amide bonds. The Labute approximate surface area is 97.8 Å². The highest BCUT2D eigenvalue weighted by molar-refractivity contribution is 5.78. The van der Waals surface area contributed by atoms with E-state index >= 15 is 0 Å². The summed E-state index contributed by atoms with van der Waals surface area (Å²) in [5, 5.41) is 0. The highest BCUT2D eigenvalue weighted by Crippen LogP contribution is 2.46. The van der Waals surface area contributed by atoms with Crippen LogP contribution in [-0.2, 0) is 0 Å². The van der Waals surface area contributed by atoms with Crippen molar-refractivity contribution in [2.45, 2.75) is 25.7 Å². The lowest BCUT2D eigenvalue weighted by atomic mass is 9.90. The van der Waals surface area contributed by atoms with Gasteiger partial charge in [-0.05, 0) is 36.6 Å². The summed E-state index contributed by atoms with van der Waals surface area (Å²) in [6, 6.07) is 8.99. The molecule has 1 aromatic carbocycles. The van der Waals surface area contributed by atoms with Crippen molar-refractivity contribution in [2.75, 3.05) is 20.1 Å². The van der Waals surface area contributed by atoms with E-state index in [0.29, 0.717) is 5.92 Å². The number of nitrogens with zero attached hydrogens (tertiary/aromatic N) is 1. The first-order valence-corrected chi connectivity index (χ1v) is 6.31. The molecule has 1 aliphatic carbocycles. The summed E-state index contributed by atoms with van der Waals surface area (Å²) < 4.78 is 0. The van der Waals surface area contributed by atoms with E-state index in [1.54, 1.807) is 16.7 Å². The molecule has 16 heavy (non-hydrogen) atoms. The van der Waals surface area contributed by atoms with E-state index in [0.717, 1.165) is 0 Å². The summed E-state index contributed by atoms with van der Waals surface area (Å²) in [6.45, 7) is 4.72. The number of likely N-dealkylation sites (tertiary alicyclic amines) is 1. The smallest absolute Gasteiger partial charge is 0.0188 e. The second kappa shape index (κ2) is 3.74. The van der Waals surface area contributed by atoms with Crippen LogP contribution in [0.2, 0.25) is 0 Å². The number of hydrogen-bond acceptors (Lipinski definition) is 1. The van der Waals surface area contributed by atoms with E-state index in [1.165, 1.54) is 31.5 Å². The Morgan fingerprint density at radius 2 is 2.12 bits per heavy atom. The summed E-state index contributed by atoms with van der Waals surface area (Å²) in [4.78, 5) is 2.46. The van der Waals surface area contributed by atoms with Crippen molar-refractivity contribution in [3.8, 4) is 0 Å². The average molecular weight is 213 g/mol. The molecule has 0 saturated carbocycles. The quantitative estimate of drug-likeness (QED) is 0.692. The topological polar surface area (TPSA) is 3.24 Å². The fourth-order valence-electron chi connectivity index (χ4n) is 3.31. The van der Waals surface area contributed by atoms with Crippen LogP contribution in [0.5, 0.6) is 0 Å². The van der Waals surface area contributed by atoms with Crippen molar-refractivity contribution in [3.05, 3.63) is 41.0 Å². The van der Waals surface area contributed by atoms with Gasteiger partial charge in [0.05, 0.1) is 0 Å². The van der Waals surface area contributed by atoms with Crippen molar-refractivity contribution in [2.24, 2.45) is 0 Å². The third-order valence-electron chi connectivity index (χ3n) is 4.08. The molecule has 2 aliphatic rings. The maximum absolute atomic E-state index is 2.46. The molecule has 84 valence electrons. The highest BCUT2D eigenvalue weighted by Gasteiger charge is 2.33. The van der Waals surface area contributed by atoms with Gasteiger partial charge in [-0.25, -0.2) is 0 Å². The third kappa shape index (κ3) is 1.35. The Balaban J connectivity index is 2.11. The lowest BCUT2D eigenvalue weighted by molar-refractivity contribution is 0.294. The Morgan fingerprint density at radius 1 is 1.31 bits per heavy atom. The van der Waals surface area contributed by atoms with Crippen molar-refractivity contribution in [1.29, 1.82) is 0 Å². The fraction of sp³-hybridized carbons (Fsp3) is 0.467. The molecule has 0 aromatic heterocycles. The Kier molecular flexibility index (Phi) is 2.36. The standard InChI is InChI=1S/C15H19N/c1-3-11-12-6-4-5-7-13(12)15-10-16(2)9-8-14(11)15/h4-7,15H,3,8-10H2,1-2H3.